The average Bonchev–Trinajstić information content (AvgIpc) is 3.42. The lowest BCUT2D eigenvalue weighted by Crippen LogP contribution is -2.51. The summed E-state index contributed by atoms with van der Waals surface area (Å²) in [6.45, 7) is 7.06. The van der Waals surface area contributed by atoms with E-state index in [1.807, 2.05) is 30.3 Å². The van der Waals surface area contributed by atoms with Gasteiger partial charge in [-0.05, 0) is 31.3 Å². The smallest absolute Gasteiger partial charge is 0.328 e. The summed E-state index contributed by atoms with van der Waals surface area (Å²) in [6.07, 6.45) is 0.481. The lowest BCUT2D eigenvalue weighted by molar-refractivity contribution is -0.142. The molecule has 3 aliphatic rings. The van der Waals surface area contributed by atoms with Gasteiger partial charge in [0.2, 0.25) is 17.8 Å². The van der Waals surface area contributed by atoms with E-state index in [0.29, 0.717) is 24.3 Å². The van der Waals surface area contributed by atoms with E-state index in [1.54, 1.807) is 0 Å². The van der Waals surface area contributed by atoms with Crippen LogP contribution in [0.15, 0.2) is 54.6 Å². The molecule has 43 heavy (non-hydrogen) atoms. The molecule has 7 rings (SSSR count). The number of piperazine rings is 2. The maximum Gasteiger partial charge on any atom is 0.328 e. The van der Waals surface area contributed by atoms with Crippen LogP contribution in [-0.2, 0) is 16.0 Å². The van der Waals surface area contributed by atoms with Gasteiger partial charge in [-0.25, -0.2) is 4.79 Å². The van der Waals surface area contributed by atoms with Gasteiger partial charge in [-0.2, -0.15) is 15.0 Å². The fourth-order valence-corrected chi connectivity index (χ4v) is 6.59. The Morgan fingerprint density at radius 3 is 1.93 bits per heavy atom. The minimum Gasteiger partial charge on any atom is -0.467 e. The topological polar surface area (TPSA) is 97.0 Å². The molecule has 2 aromatic heterocycles. The molecule has 0 radical (unpaired) electrons. The fraction of sp³-hybridized carbons (Fsp3) is 0.438. The predicted molar refractivity (Wildman–Crippen MR) is 168 cm³/mol. The summed E-state index contributed by atoms with van der Waals surface area (Å²) in [5.41, 5.74) is 4.27. The van der Waals surface area contributed by atoms with Crippen LogP contribution >= 0.6 is 0 Å². The normalized spacial score (nSPS) is 21.7. The Kier molecular flexibility index (Phi) is 7.36. The number of likely N-dealkylation sites (N-methyl/N-ethyl adjacent to an activating group) is 2. The van der Waals surface area contributed by atoms with Gasteiger partial charge in [-0.15, -0.1) is 0 Å². The van der Waals surface area contributed by atoms with Crippen LogP contribution in [0.4, 0.5) is 17.8 Å². The molecular formula is C32H39N9O2. The molecule has 4 aromatic rings. The average molecular weight is 582 g/mol. The Morgan fingerprint density at radius 1 is 0.767 bits per heavy atom. The van der Waals surface area contributed by atoms with Crippen molar-refractivity contribution in [2.45, 2.75) is 18.5 Å². The van der Waals surface area contributed by atoms with Gasteiger partial charge in [-0.3, -0.25) is 0 Å². The standard InChI is InChI=1S/C32H39N9O2/c1-37-13-17-39(18-14-37)30-34-31(40-19-15-38(2)16-20-40)36-32(35-30)41-26(29(42)43-3)21-24-23-11-7-8-12-25(23)33-27(24)28(41)22-9-5-4-6-10-22/h4-12,26,28,33H,13-21H2,1-3H3/t26-,28-/m1/s1. The van der Waals surface area contributed by atoms with Crippen molar-refractivity contribution in [3.05, 3.63) is 71.4 Å². The van der Waals surface area contributed by atoms with Crippen LogP contribution in [0.5, 0.6) is 0 Å². The number of fused-ring (bicyclic) bond motifs is 3. The van der Waals surface area contributed by atoms with Crippen molar-refractivity contribution in [2.75, 3.05) is 88.3 Å². The maximum atomic E-state index is 13.7. The molecule has 0 aliphatic carbocycles. The summed E-state index contributed by atoms with van der Waals surface area (Å²) in [5, 5.41) is 1.12. The Bertz CT molecular complexity index is 1550. The zero-order chi connectivity index (χ0) is 29.5. The number of hydrogen-bond acceptors (Lipinski definition) is 10. The summed E-state index contributed by atoms with van der Waals surface area (Å²) in [6, 6.07) is 17.6. The van der Waals surface area contributed by atoms with E-state index < -0.39 is 6.04 Å². The highest BCUT2D eigenvalue weighted by atomic mass is 16.5. The molecule has 2 atom stereocenters. The van der Waals surface area contributed by atoms with Gasteiger partial charge < -0.3 is 34.2 Å². The number of H-pyrrole nitrogens is 1. The summed E-state index contributed by atoms with van der Waals surface area (Å²) in [4.78, 5) is 43.9. The first-order chi connectivity index (χ1) is 21.0. The molecule has 0 unspecified atom stereocenters. The van der Waals surface area contributed by atoms with Gasteiger partial charge in [0.1, 0.15) is 6.04 Å². The van der Waals surface area contributed by atoms with Gasteiger partial charge in [0, 0.05) is 75.4 Å². The van der Waals surface area contributed by atoms with Crippen molar-refractivity contribution in [3.8, 4) is 0 Å². The SMILES string of the molecule is COC(=O)[C@H]1Cc2c([nH]c3ccccc23)[C@@H](c2ccccc2)N1c1nc(N2CCN(C)CC2)nc(N2CCN(C)CC2)n1. The number of benzene rings is 2. The first kappa shape index (κ1) is 27.6. The van der Waals surface area contributed by atoms with Gasteiger partial charge in [0.15, 0.2) is 0 Å². The number of carbonyl (C=O) groups is 1. The van der Waals surface area contributed by atoms with Gasteiger partial charge >= 0.3 is 5.97 Å². The number of ether oxygens (including phenoxy) is 1. The molecular weight excluding hydrogens is 542 g/mol. The molecule has 2 saturated heterocycles. The third-order valence-corrected chi connectivity index (χ3v) is 9.12. The molecule has 0 spiro atoms. The lowest BCUT2D eigenvalue weighted by atomic mass is 9.88. The molecule has 224 valence electrons. The van der Waals surface area contributed by atoms with Crippen molar-refractivity contribution in [1.82, 2.24) is 29.7 Å². The van der Waals surface area contributed by atoms with E-state index in [2.05, 4.69) is 67.8 Å². The Balaban J connectivity index is 1.42. The summed E-state index contributed by atoms with van der Waals surface area (Å²) >= 11 is 0. The first-order valence-corrected chi connectivity index (χ1v) is 15.1. The monoisotopic (exact) mass is 581 g/mol. The number of carbonyl (C=O) groups excluding carboxylic acids is 1. The van der Waals surface area contributed by atoms with Crippen molar-refractivity contribution < 1.29 is 9.53 Å². The number of rotatable bonds is 5. The Labute approximate surface area is 252 Å². The first-order valence-electron chi connectivity index (χ1n) is 15.1. The Hall–Kier alpha value is -4.22. The minimum absolute atomic E-state index is 0.306. The van der Waals surface area contributed by atoms with E-state index in [-0.39, 0.29) is 12.0 Å². The number of aromatic amines is 1. The highest BCUT2D eigenvalue weighted by Gasteiger charge is 2.43. The van der Waals surface area contributed by atoms with Crippen molar-refractivity contribution in [3.63, 3.8) is 0 Å². The summed E-state index contributed by atoms with van der Waals surface area (Å²) < 4.78 is 5.45. The number of esters is 1. The zero-order valence-electron chi connectivity index (χ0n) is 25.1. The molecule has 2 fully saturated rings. The number of nitrogens with one attached hydrogen (secondary N) is 1. The summed E-state index contributed by atoms with van der Waals surface area (Å²) in [5.74, 6) is 1.50. The van der Waals surface area contributed by atoms with Crippen LogP contribution in [0.25, 0.3) is 10.9 Å². The van der Waals surface area contributed by atoms with Crippen LogP contribution in [0.1, 0.15) is 22.9 Å². The molecule has 11 heteroatoms. The van der Waals surface area contributed by atoms with Gasteiger partial charge in [0.05, 0.1) is 13.2 Å². The van der Waals surface area contributed by atoms with Gasteiger partial charge in [0.25, 0.3) is 0 Å². The number of para-hydroxylation sites is 1. The summed E-state index contributed by atoms with van der Waals surface area (Å²) in [7, 11) is 5.74. The number of aromatic nitrogens is 4. The van der Waals surface area contributed by atoms with Crippen LogP contribution in [0.3, 0.4) is 0 Å². The number of nitrogens with zero attached hydrogens (tertiary/aromatic N) is 8. The van der Waals surface area contributed by atoms with Crippen molar-refractivity contribution >= 4 is 34.7 Å². The Morgan fingerprint density at radius 2 is 1.33 bits per heavy atom. The minimum atomic E-state index is -0.620. The number of methoxy groups -OCH3 is 1. The van der Waals surface area contributed by atoms with Crippen LogP contribution < -0.4 is 14.7 Å². The second-order valence-electron chi connectivity index (χ2n) is 11.8. The quantitative estimate of drug-likeness (QED) is 0.354. The third-order valence-electron chi connectivity index (χ3n) is 9.12. The highest BCUT2D eigenvalue weighted by molar-refractivity contribution is 5.89. The van der Waals surface area contributed by atoms with E-state index in [4.69, 9.17) is 19.7 Å². The molecule has 0 amide bonds. The number of anilines is 3. The molecule has 5 heterocycles. The largest absolute Gasteiger partial charge is 0.467 e. The molecule has 0 saturated carbocycles. The van der Waals surface area contributed by atoms with E-state index >= 15 is 0 Å². The van der Waals surface area contributed by atoms with Crippen molar-refractivity contribution in [2.24, 2.45) is 0 Å². The molecule has 3 aliphatic heterocycles. The zero-order valence-corrected chi connectivity index (χ0v) is 25.1. The van der Waals surface area contributed by atoms with E-state index in [0.717, 1.165) is 80.1 Å². The molecule has 1 N–H and O–H groups in total. The van der Waals surface area contributed by atoms with Gasteiger partial charge in [-0.1, -0.05) is 48.5 Å². The highest BCUT2D eigenvalue weighted by Crippen LogP contribution is 2.43. The molecule has 2 aromatic carbocycles. The van der Waals surface area contributed by atoms with Crippen molar-refractivity contribution in [1.29, 1.82) is 0 Å². The molecule has 11 nitrogen and oxygen atoms in total. The third kappa shape index (κ3) is 5.16. The van der Waals surface area contributed by atoms with E-state index in [9.17, 15) is 4.79 Å². The maximum absolute atomic E-state index is 13.7. The van der Waals surface area contributed by atoms with Crippen LogP contribution in [-0.4, -0.2) is 115 Å². The van der Waals surface area contributed by atoms with E-state index in [1.165, 1.54) is 7.11 Å². The fourth-order valence-electron chi connectivity index (χ4n) is 6.59. The lowest BCUT2D eigenvalue weighted by Gasteiger charge is -2.42. The molecule has 0 bridgehead atoms. The van der Waals surface area contributed by atoms with Crippen LogP contribution in [0.2, 0.25) is 0 Å². The second kappa shape index (κ2) is 11.5. The number of hydrogen-bond donors (Lipinski definition) is 1. The predicted octanol–water partition coefficient (Wildman–Crippen LogP) is 2.55. The second-order valence-corrected chi connectivity index (χ2v) is 11.8. The van der Waals surface area contributed by atoms with Crippen LogP contribution in [0, 0.1) is 0 Å².